The standard InChI is InChI=1S/C12H17NO2S/c1-9-6-5-7-10-11(9)12(2,3)8-13(10)16(4,14)15/h5-7H,8H2,1-4H3. The molecule has 2 rings (SSSR count). The second kappa shape index (κ2) is 3.23. The molecule has 0 aromatic heterocycles. The average molecular weight is 239 g/mol. The third-order valence-electron chi connectivity index (χ3n) is 3.14. The van der Waals surface area contributed by atoms with E-state index in [9.17, 15) is 8.42 Å². The van der Waals surface area contributed by atoms with E-state index < -0.39 is 10.0 Å². The van der Waals surface area contributed by atoms with Gasteiger partial charge in [-0.1, -0.05) is 26.0 Å². The summed E-state index contributed by atoms with van der Waals surface area (Å²) < 4.78 is 25.0. The molecule has 1 aliphatic heterocycles. The lowest BCUT2D eigenvalue weighted by Gasteiger charge is -2.20. The van der Waals surface area contributed by atoms with Gasteiger partial charge in [0.1, 0.15) is 0 Å². The number of sulfonamides is 1. The molecule has 1 aliphatic rings. The van der Waals surface area contributed by atoms with Crippen LogP contribution >= 0.6 is 0 Å². The summed E-state index contributed by atoms with van der Waals surface area (Å²) in [5.74, 6) is 0. The molecule has 0 atom stereocenters. The molecular weight excluding hydrogens is 222 g/mol. The van der Waals surface area contributed by atoms with Crippen molar-refractivity contribution >= 4 is 15.7 Å². The van der Waals surface area contributed by atoms with Gasteiger partial charge in [0.15, 0.2) is 0 Å². The zero-order valence-corrected chi connectivity index (χ0v) is 10.9. The van der Waals surface area contributed by atoms with E-state index in [0.717, 1.165) is 16.8 Å². The second-order valence-electron chi connectivity index (χ2n) is 5.12. The van der Waals surface area contributed by atoms with Gasteiger partial charge in [-0.05, 0) is 24.1 Å². The Morgan fingerprint density at radius 3 is 2.50 bits per heavy atom. The van der Waals surface area contributed by atoms with Crippen LogP contribution in [0.4, 0.5) is 5.69 Å². The molecule has 0 saturated heterocycles. The zero-order valence-electron chi connectivity index (χ0n) is 10.1. The number of hydrogen-bond donors (Lipinski definition) is 0. The highest BCUT2D eigenvalue weighted by molar-refractivity contribution is 7.92. The number of hydrogen-bond acceptors (Lipinski definition) is 2. The molecule has 4 heteroatoms. The molecular formula is C12H17NO2S. The van der Waals surface area contributed by atoms with Crippen LogP contribution < -0.4 is 4.31 Å². The number of rotatable bonds is 1. The van der Waals surface area contributed by atoms with Crippen molar-refractivity contribution < 1.29 is 8.42 Å². The molecule has 0 bridgehead atoms. The van der Waals surface area contributed by atoms with E-state index in [4.69, 9.17) is 0 Å². The molecule has 0 N–H and O–H groups in total. The summed E-state index contributed by atoms with van der Waals surface area (Å²) in [6.07, 6.45) is 1.26. The lowest BCUT2D eigenvalue weighted by molar-refractivity contribution is 0.555. The Balaban J connectivity index is 2.70. The predicted molar refractivity (Wildman–Crippen MR) is 66.4 cm³/mol. The van der Waals surface area contributed by atoms with Crippen molar-refractivity contribution in [3.8, 4) is 0 Å². The largest absolute Gasteiger partial charge is 0.269 e. The van der Waals surface area contributed by atoms with Crippen molar-refractivity contribution in [2.75, 3.05) is 17.1 Å². The summed E-state index contributed by atoms with van der Waals surface area (Å²) in [5, 5.41) is 0. The summed E-state index contributed by atoms with van der Waals surface area (Å²) in [4.78, 5) is 0. The second-order valence-corrected chi connectivity index (χ2v) is 7.03. The Labute approximate surface area is 97.1 Å². The topological polar surface area (TPSA) is 37.4 Å². The SMILES string of the molecule is Cc1cccc2c1C(C)(C)CN2S(C)(=O)=O. The van der Waals surface area contributed by atoms with E-state index in [0.29, 0.717) is 6.54 Å². The Morgan fingerprint density at radius 1 is 1.31 bits per heavy atom. The number of anilines is 1. The van der Waals surface area contributed by atoms with E-state index in [-0.39, 0.29) is 5.41 Å². The first kappa shape index (κ1) is 11.5. The molecule has 0 fully saturated rings. The van der Waals surface area contributed by atoms with Crippen molar-refractivity contribution in [1.29, 1.82) is 0 Å². The van der Waals surface area contributed by atoms with Crippen LogP contribution in [0.1, 0.15) is 25.0 Å². The maximum atomic E-state index is 11.7. The summed E-state index contributed by atoms with van der Waals surface area (Å²) in [6.45, 7) is 6.74. The molecule has 88 valence electrons. The fraction of sp³-hybridized carbons (Fsp3) is 0.500. The van der Waals surface area contributed by atoms with Crippen molar-refractivity contribution in [2.45, 2.75) is 26.2 Å². The first-order valence-electron chi connectivity index (χ1n) is 5.31. The van der Waals surface area contributed by atoms with Crippen molar-refractivity contribution in [1.82, 2.24) is 0 Å². The lowest BCUT2D eigenvalue weighted by Crippen LogP contribution is -2.33. The molecule has 3 nitrogen and oxygen atoms in total. The molecule has 1 heterocycles. The molecule has 1 aromatic carbocycles. The van der Waals surface area contributed by atoms with Gasteiger partial charge in [-0.15, -0.1) is 0 Å². The van der Waals surface area contributed by atoms with E-state index in [1.165, 1.54) is 10.6 Å². The van der Waals surface area contributed by atoms with E-state index in [1.807, 2.05) is 25.1 Å². The summed E-state index contributed by atoms with van der Waals surface area (Å²) in [7, 11) is -3.17. The van der Waals surface area contributed by atoms with E-state index in [2.05, 4.69) is 13.8 Å². The highest BCUT2D eigenvalue weighted by Gasteiger charge is 2.39. The predicted octanol–water partition coefficient (Wildman–Crippen LogP) is 2.05. The van der Waals surface area contributed by atoms with Gasteiger partial charge in [0.05, 0.1) is 11.9 Å². The van der Waals surface area contributed by atoms with Crippen LogP contribution in [0.5, 0.6) is 0 Å². The third-order valence-corrected chi connectivity index (χ3v) is 4.26. The molecule has 16 heavy (non-hydrogen) atoms. The van der Waals surface area contributed by atoms with E-state index >= 15 is 0 Å². The zero-order chi connectivity index (χ0) is 12.1. The quantitative estimate of drug-likeness (QED) is 0.752. The van der Waals surface area contributed by atoms with Crippen LogP contribution in [0.15, 0.2) is 18.2 Å². The summed E-state index contributed by atoms with van der Waals surface area (Å²) in [5.41, 5.74) is 3.05. The molecule has 0 spiro atoms. The van der Waals surface area contributed by atoms with Gasteiger partial charge in [0.25, 0.3) is 0 Å². The van der Waals surface area contributed by atoms with Gasteiger partial charge < -0.3 is 0 Å². The van der Waals surface area contributed by atoms with Gasteiger partial charge >= 0.3 is 0 Å². The molecule has 0 saturated carbocycles. The maximum Gasteiger partial charge on any atom is 0.232 e. The number of fused-ring (bicyclic) bond motifs is 1. The molecule has 0 radical (unpaired) electrons. The van der Waals surface area contributed by atoms with Crippen LogP contribution in [-0.4, -0.2) is 21.2 Å². The van der Waals surface area contributed by atoms with Crippen molar-refractivity contribution in [2.24, 2.45) is 0 Å². The average Bonchev–Trinajstić information content (AvgIpc) is 2.39. The molecule has 0 unspecified atom stereocenters. The highest BCUT2D eigenvalue weighted by atomic mass is 32.2. The number of nitrogens with zero attached hydrogens (tertiary/aromatic N) is 1. The fourth-order valence-corrected chi connectivity index (χ4v) is 3.63. The summed E-state index contributed by atoms with van der Waals surface area (Å²) in [6, 6.07) is 5.83. The minimum Gasteiger partial charge on any atom is -0.269 e. The van der Waals surface area contributed by atoms with Gasteiger partial charge in [-0.3, -0.25) is 4.31 Å². The monoisotopic (exact) mass is 239 g/mol. The Kier molecular flexibility index (Phi) is 2.31. The third kappa shape index (κ3) is 1.61. The number of aryl methyl sites for hydroxylation is 1. The fourth-order valence-electron chi connectivity index (χ4n) is 2.56. The van der Waals surface area contributed by atoms with Gasteiger partial charge in [0, 0.05) is 12.0 Å². The minimum atomic E-state index is -3.17. The van der Waals surface area contributed by atoms with Crippen LogP contribution in [-0.2, 0) is 15.4 Å². The van der Waals surface area contributed by atoms with Crippen LogP contribution in [0.2, 0.25) is 0 Å². The highest BCUT2D eigenvalue weighted by Crippen LogP contribution is 2.43. The van der Waals surface area contributed by atoms with Crippen LogP contribution in [0.25, 0.3) is 0 Å². The van der Waals surface area contributed by atoms with Crippen LogP contribution in [0.3, 0.4) is 0 Å². The number of benzene rings is 1. The van der Waals surface area contributed by atoms with E-state index in [1.54, 1.807) is 0 Å². The van der Waals surface area contributed by atoms with Crippen LogP contribution in [0, 0.1) is 6.92 Å². The minimum absolute atomic E-state index is 0.107. The molecule has 1 aromatic rings. The van der Waals surface area contributed by atoms with Crippen molar-refractivity contribution in [3.63, 3.8) is 0 Å². The Bertz CT molecular complexity index is 532. The Hall–Kier alpha value is -1.03. The molecule has 0 aliphatic carbocycles. The first-order valence-corrected chi connectivity index (χ1v) is 7.16. The molecule has 0 amide bonds. The summed E-state index contributed by atoms with van der Waals surface area (Å²) >= 11 is 0. The smallest absolute Gasteiger partial charge is 0.232 e. The first-order chi connectivity index (χ1) is 7.23. The van der Waals surface area contributed by atoms with Crippen molar-refractivity contribution in [3.05, 3.63) is 29.3 Å². The normalized spacial score (nSPS) is 18.6. The van der Waals surface area contributed by atoms with Gasteiger partial charge in [0.2, 0.25) is 10.0 Å². The Morgan fingerprint density at radius 2 is 1.94 bits per heavy atom. The lowest BCUT2D eigenvalue weighted by atomic mass is 9.84. The maximum absolute atomic E-state index is 11.7. The van der Waals surface area contributed by atoms with Gasteiger partial charge in [-0.2, -0.15) is 0 Å². The van der Waals surface area contributed by atoms with Gasteiger partial charge in [-0.25, -0.2) is 8.42 Å².